The van der Waals surface area contributed by atoms with E-state index in [4.69, 9.17) is 0 Å². The first-order chi connectivity index (χ1) is 11.7. The van der Waals surface area contributed by atoms with Crippen LogP contribution in [0.3, 0.4) is 0 Å². The highest BCUT2D eigenvalue weighted by molar-refractivity contribution is 7.92. The summed E-state index contributed by atoms with van der Waals surface area (Å²) in [6, 6.07) is 12.6. The molecule has 0 aromatic heterocycles. The third-order valence-electron chi connectivity index (χ3n) is 4.11. The highest BCUT2D eigenvalue weighted by Gasteiger charge is 2.18. The Balaban J connectivity index is 2.27. The summed E-state index contributed by atoms with van der Waals surface area (Å²) in [5, 5.41) is 3.00. The Labute approximate surface area is 149 Å². The van der Waals surface area contributed by atoms with Gasteiger partial charge in [0.25, 0.3) is 5.91 Å². The SMILES string of the molecule is CC[C@@H](NC(=O)c1ccccc1NS(C)(=O)=O)c1ccc(C)c(C)c1. The van der Waals surface area contributed by atoms with Gasteiger partial charge in [-0.15, -0.1) is 0 Å². The zero-order chi connectivity index (χ0) is 18.6. The number of para-hydroxylation sites is 1. The first-order valence-electron chi connectivity index (χ1n) is 8.16. The minimum absolute atomic E-state index is 0.141. The van der Waals surface area contributed by atoms with Crippen LogP contribution in [0.5, 0.6) is 0 Å². The number of benzene rings is 2. The molecule has 0 bridgehead atoms. The Kier molecular flexibility index (Phi) is 5.85. The molecule has 0 aliphatic heterocycles. The van der Waals surface area contributed by atoms with Gasteiger partial charge in [0.05, 0.1) is 23.5 Å². The Bertz CT molecular complexity index is 876. The summed E-state index contributed by atoms with van der Waals surface area (Å²) in [6.45, 7) is 6.09. The number of sulfonamides is 1. The number of aryl methyl sites for hydroxylation is 2. The minimum Gasteiger partial charge on any atom is -0.345 e. The zero-order valence-electron chi connectivity index (χ0n) is 15.0. The summed E-state index contributed by atoms with van der Waals surface area (Å²) in [7, 11) is -3.46. The van der Waals surface area contributed by atoms with Gasteiger partial charge in [0, 0.05) is 0 Å². The first-order valence-corrected chi connectivity index (χ1v) is 10.0. The number of hydrogen-bond acceptors (Lipinski definition) is 3. The van der Waals surface area contributed by atoms with E-state index in [1.54, 1.807) is 24.3 Å². The molecule has 2 rings (SSSR count). The largest absolute Gasteiger partial charge is 0.345 e. The van der Waals surface area contributed by atoms with E-state index >= 15 is 0 Å². The normalized spacial score (nSPS) is 12.5. The van der Waals surface area contributed by atoms with Crippen LogP contribution in [-0.2, 0) is 10.0 Å². The van der Waals surface area contributed by atoms with Crippen molar-refractivity contribution in [1.29, 1.82) is 0 Å². The fourth-order valence-electron chi connectivity index (χ4n) is 2.61. The van der Waals surface area contributed by atoms with Crippen LogP contribution in [0.1, 0.15) is 46.4 Å². The van der Waals surface area contributed by atoms with E-state index in [1.165, 1.54) is 11.1 Å². The van der Waals surface area contributed by atoms with Crippen molar-refractivity contribution in [2.24, 2.45) is 0 Å². The highest BCUT2D eigenvalue weighted by Crippen LogP contribution is 2.22. The monoisotopic (exact) mass is 360 g/mol. The second-order valence-electron chi connectivity index (χ2n) is 6.20. The summed E-state index contributed by atoms with van der Waals surface area (Å²) < 4.78 is 25.4. The average molecular weight is 360 g/mol. The lowest BCUT2D eigenvalue weighted by Crippen LogP contribution is -2.29. The van der Waals surface area contributed by atoms with Crippen molar-refractivity contribution in [2.45, 2.75) is 33.2 Å². The molecule has 0 radical (unpaired) electrons. The summed E-state index contributed by atoms with van der Waals surface area (Å²) in [5.41, 5.74) is 3.98. The number of anilines is 1. The molecule has 1 atom stereocenters. The van der Waals surface area contributed by atoms with E-state index in [1.807, 2.05) is 32.9 Å². The number of amides is 1. The number of nitrogens with one attached hydrogen (secondary N) is 2. The van der Waals surface area contributed by atoms with E-state index in [9.17, 15) is 13.2 Å². The van der Waals surface area contributed by atoms with E-state index in [2.05, 4.69) is 16.1 Å². The maximum Gasteiger partial charge on any atom is 0.253 e. The van der Waals surface area contributed by atoms with Crippen molar-refractivity contribution in [1.82, 2.24) is 5.32 Å². The molecule has 2 aromatic carbocycles. The standard InChI is InChI=1S/C19H24N2O3S/c1-5-17(15-11-10-13(2)14(3)12-15)20-19(22)16-8-6-7-9-18(16)21-25(4,23)24/h6-12,17,21H,5H2,1-4H3,(H,20,22)/t17-/m1/s1. The van der Waals surface area contributed by atoms with Crippen molar-refractivity contribution < 1.29 is 13.2 Å². The maximum absolute atomic E-state index is 12.7. The molecule has 2 N–H and O–H groups in total. The number of hydrogen-bond donors (Lipinski definition) is 2. The fraction of sp³-hybridized carbons (Fsp3) is 0.316. The van der Waals surface area contributed by atoms with Gasteiger partial charge >= 0.3 is 0 Å². The van der Waals surface area contributed by atoms with Gasteiger partial charge in [-0.1, -0.05) is 37.3 Å². The molecule has 134 valence electrons. The van der Waals surface area contributed by atoms with Gasteiger partial charge < -0.3 is 5.32 Å². The Morgan fingerprint density at radius 3 is 2.36 bits per heavy atom. The number of rotatable bonds is 6. The van der Waals surface area contributed by atoms with Gasteiger partial charge in [-0.2, -0.15) is 0 Å². The summed E-state index contributed by atoms with van der Waals surface area (Å²) >= 11 is 0. The van der Waals surface area contributed by atoms with Crippen molar-refractivity contribution in [3.05, 3.63) is 64.7 Å². The molecular formula is C19H24N2O3S. The van der Waals surface area contributed by atoms with Crippen molar-refractivity contribution in [2.75, 3.05) is 11.0 Å². The Morgan fingerprint density at radius 2 is 1.76 bits per heavy atom. The van der Waals surface area contributed by atoms with Gasteiger partial charge in [0.15, 0.2) is 0 Å². The lowest BCUT2D eigenvalue weighted by Gasteiger charge is -2.20. The van der Waals surface area contributed by atoms with Gasteiger partial charge in [0.1, 0.15) is 0 Å². The molecule has 0 saturated heterocycles. The van der Waals surface area contributed by atoms with E-state index in [0.717, 1.165) is 18.2 Å². The van der Waals surface area contributed by atoms with Crippen LogP contribution in [0, 0.1) is 13.8 Å². The molecule has 2 aromatic rings. The van der Waals surface area contributed by atoms with E-state index < -0.39 is 10.0 Å². The van der Waals surface area contributed by atoms with E-state index in [-0.39, 0.29) is 17.6 Å². The van der Waals surface area contributed by atoms with Gasteiger partial charge in [-0.25, -0.2) is 8.42 Å². The quantitative estimate of drug-likeness (QED) is 0.827. The molecule has 0 heterocycles. The smallest absolute Gasteiger partial charge is 0.253 e. The average Bonchev–Trinajstić information content (AvgIpc) is 2.54. The second-order valence-corrected chi connectivity index (χ2v) is 7.95. The number of carbonyl (C=O) groups excluding carboxylic acids is 1. The maximum atomic E-state index is 12.7. The van der Waals surface area contributed by atoms with E-state index in [0.29, 0.717) is 5.56 Å². The topological polar surface area (TPSA) is 75.3 Å². The van der Waals surface area contributed by atoms with Crippen molar-refractivity contribution in [3.8, 4) is 0 Å². The van der Waals surface area contributed by atoms with Gasteiger partial charge in [-0.3, -0.25) is 9.52 Å². The Morgan fingerprint density at radius 1 is 1.08 bits per heavy atom. The molecule has 0 aliphatic rings. The second kappa shape index (κ2) is 7.70. The molecular weight excluding hydrogens is 336 g/mol. The molecule has 0 fully saturated rings. The minimum atomic E-state index is -3.46. The third-order valence-corrected chi connectivity index (χ3v) is 4.70. The summed E-state index contributed by atoms with van der Waals surface area (Å²) in [4.78, 5) is 12.7. The fourth-order valence-corrected chi connectivity index (χ4v) is 3.19. The zero-order valence-corrected chi connectivity index (χ0v) is 15.8. The van der Waals surface area contributed by atoms with Crippen LogP contribution >= 0.6 is 0 Å². The molecule has 0 unspecified atom stereocenters. The van der Waals surface area contributed by atoms with Crippen LogP contribution in [0.2, 0.25) is 0 Å². The lowest BCUT2D eigenvalue weighted by molar-refractivity contribution is 0.0936. The molecule has 6 heteroatoms. The molecule has 1 amide bonds. The summed E-state index contributed by atoms with van der Waals surface area (Å²) in [6.07, 6.45) is 1.79. The molecule has 0 aliphatic carbocycles. The van der Waals surface area contributed by atoms with Crippen LogP contribution in [-0.4, -0.2) is 20.6 Å². The molecule has 0 spiro atoms. The third kappa shape index (κ3) is 5.06. The predicted molar refractivity (Wildman–Crippen MR) is 101 cm³/mol. The molecule has 25 heavy (non-hydrogen) atoms. The Hall–Kier alpha value is -2.34. The summed E-state index contributed by atoms with van der Waals surface area (Å²) in [5.74, 6) is -0.308. The van der Waals surface area contributed by atoms with Gasteiger partial charge in [-0.05, 0) is 49.1 Å². The molecule has 0 saturated carbocycles. The van der Waals surface area contributed by atoms with Crippen LogP contribution in [0.4, 0.5) is 5.69 Å². The van der Waals surface area contributed by atoms with Crippen LogP contribution < -0.4 is 10.0 Å². The van der Waals surface area contributed by atoms with Gasteiger partial charge in [0.2, 0.25) is 10.0 Å². The van der Waals surface area contributed by atoms with Crippen LogP contribution in [0.25, 0.3) is 0 Å². The number of carbonyl (C=O) groups is 1. The predicted octanol–water partition coefficient (Wildman–Crippen LogP) is 3.56. The van der Waals surface area contributed by atoms with Crippen molar-refractivity contribution >= 4 is 21.6 Å². The highest BCUT2D eigenvalue weighted by atomic mass is 32.2. The van der Waals surface area contributed by atoms with Crippen LogP contribution in [0.15, 0.2) is 42.5 Å². The lowest BCUT2D eigenvalue weighted by atomic mass is 9.99. The van der Waals surface area contributed by atoms with Crippen molar-refractivity contribution in [3.63, 3.8) is 0 Å². The molecule has 5 nitrogen and oxygen atoms in total. The first kappa shape index (κ1) is 19.0.